The number of aliphatic hydroxyl groups excluding tert-OH is 9. The van der Waals surface area contributed by atoms with Gasteiger partial charge in [0.25, 0.3) is 0 Å². The van der Waals surface area contributed by atoms with Crippen LogP contribution in [0.15, 0.2) is 23.3 Å². The largest absolute Gasteiger partial charge is 0.394 e. The molecule has 7 rings (SSSR count). The van der Waals surface area contributed by atoms with Gasteiger partial charge in [-0.15, -0.1) is 0 Å². The molecule has 16 heteroatoms. The summed E-state index contributed by atoms with van der Waals surface area (Å²) in [5, 5.41) is 95.0. The van der Waals surface area contributed by atoms with Gasteiger partial charge in [-0.3, -0.25) is 4.79 Å². The smallest absolute Gasteiger partial charge is 0.187 e. The molecule has 312 valence electrons. The maximum Gasteiger partial charge on any atom is 0.187 e. The Hall–Kier alpha value is -1.45. The average Bonchev–Trinajstić information content (AvgIpc) is 3.52. The Kier molecular flexibility index (Phi) is 12.1. The van der Waals surface area contributed by atoms with Crippen molar-refractivity contribution in [2.24, 2.45) is 28.6 Å². The van der Waals surface area contributed by atoms with Crippen LogP contribution in [0.25, 0.3) is 0 Å². The molecule has 3 heterocycles. The van der Waals surface area contributed by atoms with E-state index in [1.54, 1.807) is 6.92 Å². The van der Waals surface area contributed by atoms with Gasteiger partial charge in [0.05, 0.1) is 25.4 Å². The summed E-state index contributed by atoms with van der Waals surface area (Å²) < 4.78 is 36.3. The fourth-order valence-electron chi connectivity index (χ4n) is 11.1. The lowest BCUT2D eigenvalue weighted by Gasteiger charge is -2.58. The molecule has 0 bridgehead atoms. The van der Waals surface area contributed by atoms with Crippen molar-refractivity contribution >= 4 is 5.78 Å². The van der Waals surface area contributed by atoms with Crippen molar-refractivity contribution in [1.82, 2.24) is 0 Å². The van der Waals surface area contributed by atoms with Gasteiger partial charge in [0, 0.05) is 0 Å². The molecule has 5 fully saturated rings. The molecule has 4 aliphatic carbocycles. The van der Waals surface area contributed by atoms with Crippen molar-refractivity contribution in [3.8, 4) is 0 Å². The number of allylic oxidation sites excluding steroid dienone is 3. The quantitative estimate of drug-likeness (QED) is 0.126. The molecule has 3 aliphatic heterocycles. The molecule has 0 spiro atoms. The number of hydrogen-bond acceptors (Lipinski definition) is 16. The summed E-state index contributed by atoms with van der Waals surface area (Å²) in [6.07, 6.45) is -13.4. The fourth-order valence-corrected chi connectivity index (χ4v) is 11.1. The van der Waals surface area contributed by atoms with Crippen LogP contribution in [0.3, 0.4) is 0 Å². The number of rotatable bonds is 9. The van der Waals surface area contributed by atoms with E-state index in [1.165, 1.54) is 12.5 Å². The number of hydrogen-bond donors (Lipinski definition) is 9. The van der Waals surface area contributed by atoms with Crippen molar-refractivity contribution in [3.05, 3.63) is 23.3 Å². The van der Waals surface area contributed by atoms with Crippen molar-refractivity contribution in [3.63, 3.8) is 0 Å². The second-order valence-electron chi connectivity index (χ2n) is 17.4. The molecule has 21 atom stereocenters. The minimum Gasteiger partial charge on any atom is -0.394 e. The number of aliphatic hydroxyl groups is 9. The highest BCUT2D eigenvalue weighted by atomic mass is 16.8. The number of fused-ring (bicyclic) bond motifs is 5. The highest BCUT2D eigenvalue weighted by molar-refractivity contribution is 5.95. The van der Waals surface area contributed by atoms with E-state index in [1.807, 2.05) is 0 Å². The predicted molar refractivity (Wildman–Crippen MR) is 188 cm³/mol. The molecule has 0 unspecified atom stereocenters. The van der Waals surface area contributed by atoms with E-state index in [0.29, 0.717) is 30.6 Å². The molecule has 0 aromatic heterocycles. The van der Waals surface area contributed by atoms with Crippen LogP contribution in [0.2, 0.25) is 0 Å². The summed E-state index contributed by atoms with van der Waals surface area (Å²) in [6.45, 7) is 6.31. The first-order valence-electron chi connectivity index (χ1n) is 19.9. The van der Waals surface area contributed by atoms with Crippen LogP contribution in [0.5, 0.6) is 0 Å². The molecule has 9 N–H and O–H groups in total. The summed E-state index contributed by atoms with van der Waals surface area (Å²) in [4.78, 5) is 12.6. The van der Waals surface area contributed by atoms with E-state index < -0.39 is 111 Å². The minimum atomic E-state index is -1.85. The van der Waals surface area contributed by atoms with Gasteiger partial charge in [0.15, 0.2) is 24.7 Å². The van der Waals surface area contributed by atoms with Gasteiger partial charge in [0.2, 0.25) is 0 Å². The van der Waals surface area contributed by atoms with Gasteiger partial charge < -0.3 is 74.4 Å². The maximum atomic E-state index is 12.6. The van der Waals surface area contributed by atoms with E-state index in [4.69, 9.17) is 28.4 Å². The van der Waals surface area contributed by atoms with Crippen molar-refractivity contribution in [1.29, 1.82) is 0 Å². The van der Waals surface area contributed by atoms with Crippen molar-refractivity contribution in [2.75, 3.05) is 13.2 Å². The van der Waals surface area contributed by atoms with Gasteiger partial charge in [-0.05, 0) is 93.0 Å². The second-order valence-corrected chi connectivity index (χ2v) is 17.4. The molecule has 55 heavy (non-hydrogen) atoms. The molecule has 2 saturated carbocycles. The summed E-state index contributed by atoms with van der Waals surface area (Å²) in [5.41, 5.74) is 2.05. The molecule has 0 radical (unpaired) electrons. The van der Waals surface area contributed by atoms with Crippen LogP contribution in [0.1, 0.15) is 72.6 Å². The molecule has 0 aromatic carbocycles. The standard InChI is InChI=1S/C39H60O16/c1-16(42)21-7-8-22-20-6-5-18-13-19(9-11-38(18,3)23(20)10-12-39(21,22)4)51-37-34(55-35-31(48)29(46)26(43)17(2)50-35)33(28(45)25(15-41)53-37)54-36-32(49)30(47)27(44)24(14-40)52-36/h5,7,17,19-20,22-37,40-41,43-49H,6,8-15H2,1-4H3/t17-,19+,20-,22-,23+,24-,25-,26-,27-,28+,29+,30+,31+,32-,33+,34-,35-,36+,37-,38+,39-/m1/s1. The fraction of sp³-hybridized carbons (Fsp3) is 0.872. The van der Waals surface area contributed by atoms with Crippen LogP contribution in [0, 0.1) is 28.6 Å². The van der Waals surface area contributed by atoms with Gasteiger partial charge in [-0.25, -0.2) is 0 Å². The van der Waals surface area contributed by atoms with Gasteiger partial charge >= 0.3 is 0 Å². The first kappa shape index (κ1) is 41.7. The zero-order chi connectivity index (χ0) is 39.7. The second kappa shape index (κ2) is 16.0. The van der Waals surface area contributed by atoms with Crippen LogP contribution in [0.4, 0.5) is 0 Å². The SMILES string of the molecule is CC(=O)C1=CC[C@@H]2[C@H]3CC=C4C[C@@H](O[C@@H]5O[C@H](CO)[C@H](O)[C@H](O[C@@H]6O[C@H](CO)[C@@H](O)[C@H](O)[C@H]6O)[C@H]5O[C@H]5O[C@H](C)[C@@H](O)[C@H](O)[C@@H]5O)CC[C@]4(C)[C@H]3CC[C@]12C. The third-order valence-electron chi connectivity index (χ3n) is 14.4. The Morgan fingerprint density at radius 2 is 1.29 bits per heavy atom. The molecule has 7 aliphatic rings. The monoisotopic (exact) mass is 784 g/mol. The van der Waals surface area contributed by atoms with E-state index in [-0.39, 0.29) is 16.6 Å². The molecular formula is C39H60O16. The lowest BCUT2D eigenvalue weighted by Crippen LogP contribution is -2.67. The Bertz CT molecular complexity index is 1460. The molecule has 16 nitrogen and oxygen atoms in total. The van der Waals surface area contributed by atoms with E-state index >= 15 is 0 Å². The van der Waals surface area contributed by atoms with Gasteiger partial charge in [0.1, 0.15) is 67.1 Å². The number of ketones is 1. The van der Waals surface area contributed by atoms with Crippen LogP contribution in [-0.4, -0.2) is 163 Å². The van der Waals surface area contributed by atoms with Crippen molar-refractivity contribution < 1.29 is 79.2 Å². The lowest BCUT2D eigenvalue weighted by molar-refractivity contribution is -0.394. The number of ether oxygens (including phenoxy) is 6. The van der Waals surface area contributed by atoms with E-state index in [2.05, 4.69) is 26.0 Å². The summed E-state index contributed by atoms with van der Waals surface area (Å²) in [5.74, 6) is 1.45. The maximum absolute atomic E-state index is 12.6. The number of Topliss-reactive ketones (excluding diaryl/α,β-unsaturated/α-hetero) is 1. The third-order valence-corrected chi connectivity index (χ3v) is 14.4. The first-order valence-corrected chi connectivity index (χ1v) is 19.9. The van der Waals surface area contributed by atoms with Crippen LogP contribution in [-0.2, 0) is 33.2 Å². The highest BCUT2D eigenvalue weighted by Crippen LogP contribution is 2.65. The minimum absolute atomic E-state index is 0.0852. The summed E-state index contributed by atoms with van der Waals surface area (Å²) in [7, 11) is 0. The number of carbonyl (C=O) groups is 1. The molecule has 0 aromatic rings. The third kappa shape index (κ3) is 7.20. The Labute approximate surface area is 320 Å². The van der Waals surface area contributed by atoms with E-state index in [9.17, 15) is 50.8 Å². The van der Waals surface area contributed by atoms with Gasteiger partial charge in [-0.1, -0.05) is 31.6 Å². The first-order chi connectivity index (χ1) is 26.0. The van der Waals surface area contributed by atoms with Crippen LogP contribution < -0.4 is 0 Å². The molecular weight excluding hydrogens is 724 g/mol. The van der Waals surface area contributed by atoms with E-state index in [0.717, 1.165) is 37.7 Å². The van der Waals surface area contributed by atoms with Crippen molar-refractivity contribution in [2.45, 2.75) is 171 Å². The van der Waals surface area contributed by atoms with Gasteiger partial charge in [-0.2, -0.15) is 0 Å². The predicted octanol–water partition coefficient (Wildman–Crippen LogP) is -1.06. The zero-order valence-corrected chi connectivity index (χ0v) is 31.9. The topological polar surface area (TPSA) is 255 Å². The Morgan fingerprint density at radius 3 is 1.96 bits per heavy atom. The Balaban J connectivity index is 1.14. The summed E-state index contributed by atoms with van der Waals surface area (Å²) in [6, 6.07) is 0. The lowest BCUT2D eigenvalue weighted by atomic mass is 9.47. The zero-order valence-electron chi connectivity index (χ0n) is 31.9. The average molecular weight is 785 g/mol. The number of carbonyl (C=O) groups excluding carboxylic acids is 1. The summed E-state index contributed by atoms with van der Waals surface area (Å²) >= 11 is 0. The normalized spacial score (nSPS) is 52.7. The Morgan fingerprint density at radius 1 is 0.691 bits per heavy atom. The highest BCUT2D eigenvalue weighted by Gasteiger charge is 2.59. The molecule has 0 amide bonds. The molecule has 3 saturated heterocycles. The van der Waals surface area contributed by atoms with Crippen LogP contribution >= 0.6 is 0 Å².